The fourth-order valence-corrected chi connectivity index (χ4v) is 2.48. The zero-order chi connectivity index (χ0) is 16.0. The summed E-state index contributed by atoms with van der Waals surface area (Å²) in [6, 6.07) is 3.52. The number of hydrogen-bond donors (Lipinski definition) is 2. The Balaban J connectivity index is 2.88. The van der Waals surface area contributed by atoms with Crippen molar-refractivity contribution < 1.29 is 15.0 Å². The Kier molecular flexibility index (Phi) is 6.53. The van der Waals surface area contributed by atoms with Crippen LogP contribution >= 0.6 is 11.8 Å². The van der Waals surface area contributed by atoms with Crippen molar-refractivity contribution in [3.63, 3.8) is 0 Å². The predicted octanol–water partition coefficient (Wildman–Crippen LogP) is 1.70. The van der Waals surface area contributed by atoms with Crippen molar-refractivity contribution in [1.29, 1.82) is 0 Å². The normalized spacial score (nSPS) is 13.7. The van der Waals surface area contributed by atoms with Crippen molar-refractivity contribution in [2.45, 2.75) is 24.8 Å². The maximum absolute atomic E-state index is 11.0. The van der Waals surface area contributed by atoms with E-state index in [9.17, 15) is 25.3 Å². The van der Waals surface area contributed by atoms with E-state index < -0.39 is 9.85 Å². The standard InChI is InChI=1S/C12H17N3O5S/c1-8(12(7-16)21-2)13-6-9-3-4-10(14(17)18)5-11(9)15(19)20/h3-5,8,12-13,16H,6-7H2,1-2H3. The van der Waals surface area contributed by atoms with Crippen LogP contribution in [0.15, 0.2) is 18.2 Å². The molecule has 0 aliphatic rings. The van der Waals surface area contributed by atoms with Crippen LogP contribution in [-0.2, 0) is 6.54 Å². The van der Waals surface area contributed by atoms with Gasteiger partial charge < -0.3 is 10.4 Å². The number of nitrogens with one attached hydrogen (secondary N) is 1. The monoisotopic (exact) mass is 315 g/mol. The van der Waals surface area contributed by atoms with Crippen LogP contribution in [0.2, 0.25) is 0 Å². The van der Waals surface area contributed by atoms with Gasteiger partial charge in [-0.25, -0.2) is 0 Å². The summed E-state index contributed by atoms with van der Waals surface area (Å²) in [5, 5.41) is 33.9. The van der Waals surface area contributed by atoms with Crippen molar-refractivity contribution in [1.82, 2.24) is 5.32 Å². The smallest absolute Gasteiger partial charge is 0.280 e. The Bertz CT molecular complexity index is 522. The lowest BCUT2D eigenvalue weighted by Gasteiger charge is -2.21. The number of rotatable bonds is 8. The molecule has 0 aromatic heterocycles. The van der Waals surface area contributed by atoms with Crippen molar-refractivity contribution in [2.75, 3.05) is 12.9 Å². The van der Waals surface area contributed by atoms with E-state index in [2.05, 4.69) is 5.32 Å². The first-order valence-electron chi connectivity index (χ1n) is 6.19. The molecule has 9 heteroatoms. The first-order valence-corrected chi connectivity index (χ1v) is 7.48. The Morgan fingerprint density at radius 2 is 2.00 bits per heavy atom. The molecule has 0 saturated heterocycles. The topological polar surface area (TPSA) is 119 Å². The van der Waals surface area contributed by atoms with Gasteiger partial charge in [-0.15, -0.1) is 0 Å². The minimum Gasteiger partial charge on any atom is -0.395 e. The summed E-state index contributed by atoms with van der Waals surface area (Å²) in [6.45, 7) is 2.07. The number of aliphatic hydroxyl groups excluding tert-OH is 1. The molecule has 0 amide bonds. The second-order valence-electron chi connectivity index (χ2n) is 4.45. The zero-order valence-corrected chi connectivity index (χ0v) is 12.5. The maximum Gasteiger partial charge on any atom is 0.280 e. The van der Waals surface area contributed by atoms with Gasteiger partial charge in [0.25, 0.3) is 11.4 Å². The highest BCUT2D eigenvalue weighted by Gasteiger charge is 2.21. The van der Waals surface area contributed by atoms with Crippen LogP contribution in [0.3, 0.4) is 0 Å². The van der Waals surface area contributed by atoms with Crippen molar-refractivity contribution in [3.05, 3.63) is 44.0 Å². The average Bonchev–Trinajstić information content (AvgIpc) is 2.45. The molecule has 0 aliphatic heterocycles. The first kappa shape index (κ1) is 17.3. The minimum absolute atomic E-state index is 0.00229. The highest BCUT2D eigenvalue weighted by molar-refractivity contribution is 7.99. The van der Waals surface area contributed by atoms with Gasteiger partial charge in [-0.1, -0.05) is 0 Å². The number of nitro groups is 2. The summed E-state index contributed by atoms with van der Waals surface area (Å²) in [5.74, 6) is 0. The molecule has 0 fully saturated rings. The molecular formula is C12H17N3O5S. The van der Waals surface area contributed by atoms with Crippen LogP contribution in [0.25, 0.3) is 0 Å². The molecule has 8 nitrogen and oxygen atoms in total. The van der Waals surface area contributed by atoms with Gasteiger partial charge in [-0.05, 0) is 19.2 Å². The quantitative estimate of drug-likeness (QED) is 0.553. The van der Waals surface area contributed by atoms with E-state index in [1.807, 2.05) is 13.2 Å². The van der Waals surface area contributed by atoms with E-state index in [1.165, 1.54) is 23.9 Å². The molecule has 0 radical (unpaired) electrons. The molecule has 0 saturated carbocycles. The molecule has 0 bridgehead atoms. The van der Waals surface area contributed by atoms with Crippen LogP contribution in [-0.4, -0.2) is 39.1 Å². The van der Waals surface area contributed by atoms with Crippen LogP contribution in [0.1, 0.15) is 12.5 Å². The lowest BCUT2D eigenvalue weighted by Crippen LogP contribution is -2.37. The molecule has 1 rings (SSSR count). The average molecular weight is 315 g/mol. The van der Waals surface area contributed by atoms with Gasteiger partial charge in [-0.2, -0.15) is 11.8 Å². The summed E-state index contributed by atoms with van der Waals surface area (Å²) >= 11 is 1.49. The zero-order valence-electron chi connectivity index (χ0n) is 11.7. The highest BCUT2D eigenvalue weighted by Crippen LogP contribution is 2.24. The lowest BCUT2D eigenvalue weighted by atomic mass is 10.1. The third kappa shape index (κ3) is 4.66. The van der Waals surface area contributed by atoms with Crippen molar-refractivity contribution in [2.24, 2.45) is 0 Å². The first-order chi connectivity index (χ1) is 9.90. The molecule has 116 valence electrons. The molecule has 2 N–H and O–H groups in total. The van der Waals surface area contributed by atoms with Gasteiger partial charge in [0.15, 0.2) is 0 Å². The summed E-state index contributed by atoms with van der Waals surface area (Å²) in [7, 11) is 0. The predicted molar refractivity (Wildman–Crippen MR) is 80.4 cm³/mol. The van der Waals surface area contributed by atoms with E-state index in [1.54, 1.807) is 0 Å². The van der Waals surface area contributed by atoms with E-state index in [4.69, 9.17) is 0 Å². The van der Waals surface area contributed by atoms with Gasteiger partial charge in [-0.3, -0.25) is 20.2 Å². The van der Waals surface area contributed by atoms with Crippen molar-refractivity contribution in [3.8, 4) is 0 Å². The molecular weight excluding hydrogens is 298 g/mol. The van der Waals surface area contributed by atoms with Gasteiger partial charge in [0.1, 0.15) is 0 Å². The van der Waals surface area contributed by atoms with Gasteiger partial charge in [0, 0.05) is 29.5 Å². The molecule has 0 spiro atoms. The third-order valence-electron chi connectivity index (χ3n) is 3.13. The number of nitrogens with zero attached hydrogens (tertiary/aromatic N) is 2. The number of non-ortho nitro benzene ring substituents is 1. The second kappa shape index (κ2) is 7.91. The molecule has 1 aromatic rings. The fourth-order valence-electron chi connectivity index (χ4n) is 1.82. The van der Waals surface area contributed by atoms with Crippen LogP contribution in [0, 0.1) is 20.2 Å². The Hall–Kier alpha value is -1.71. The maximum atomic E-state index is 11.0. The van der Waals surface area contributed by atoms with E-state index in [0.717, 1.165) is 6.07 Å². The number of aliphatic hydroxyl groups is 1. The summed E-state index contributed by atoms with van der Waals surface area (Å²) in [5.41, 5.74) is -0.223. The van der Waals surface area contributed by atoms with Gasteiger partial charge >= 0.3 is 0 Å². The summed E-state index contributed by atoms with van der Waals surface area (Å²) < 4.78 is 0. The number of benzene rings is 1. The number of hydrogen-bond acceptors (Lipinski definition) is 7. The van der Waals surface area contributed by atoms with Crippen LogP contribution < -0.4 is 5.32 Å². The molecule has 0 heterocycles. The summed E-state index contributed by atoms with van der Waals surface area (Å²) in [4.78, 5) is 20.4. The summed E-state index contributed by atoms with van der Waals surface area (Å²) in [6.07, 6.45) is 1.87. The fraction of sp³-hybridized carbons (Fsp3) is 0.500. The molecule has 1 aromatic carbocycles. The molecule has 21 heavy (non-hydrogen) atoms. The molecule has 2 unspecified atom stereocenters. The van der Waals surface area contributed by atoms with Crippen LogP contribution in [0.4, 0.5) is 11.4 Å². The van der Waals surface area contributed by atoms with Crippen molar-refractivity contribution >= 4 is 23.1 Å². The van der Waals surface area contributed by atoms with Crippen LogP contribution in [0.5, 0.6) is 0 Å². The number of nitro benzene ring substituents is 2. The third-order valence-corrected chi connectivity index (χ3v) is 4.29. The lowest BCUT2D eigenvalue weighted by molar-refractivity contribution is -0.394. The second-order valence-corrected chi connectivity index (χ2v) is 5.53. The Morgan fingerprint density at radius 3 is 2.48 bits per heavy atom. The highest BCUT2D eigenvalue weighted by atomic mass is 32.2. The van der Waals surface area contributed by atoms with E-state index >= 15 is 0 Å². The number of thioether (sulfide) groups is 1. The van der Waals surface area contributed by atoms with E-state index in [-0.39, 0.29) is 35.8 Å². The van der Waals surface area contributed by atoms with E-state index in [0.29, 0.717) is 5.56 Å². The Morgan fingerprint density at radius 1 is 1.33 bits per heavy atom. The molecule has 0 aliphatic carbocycles. The Labute approximate surface area is 125 Å². The van der Waals surface area contributed by atoms with Gasteiger partial charge in [0.2, 0.25) is 0 Å². The van der Waals surface area contributed by atoms with Gasteiger partial charge in [0.05, 0.1) is 22.5 Å². The SMILES string of the molecule is CSC(CO)C(C)NCc1ccc([N+](=O)[O-])cc1[N+](=O)[O-]. The largest absolute Gasteiger partial charge is 0.395 e. The molecule has 2 atom stereocenters. The minimum atomic E-state index is -0.664.